The Balaban J connectivity index is 2.15. The van der Waals surface area contributed by atoms with Crippen molar-refractivity contribution in [2.45, 2.75) is 26.2 Å². The molecule has 2 aromatic carbocycles. The molecule has 3 nitrogen and oxygen atoms in total. The molecular formula is C16H19NO2. The number of hydrogen-bond donors (Lipinski definition) is 1. The zero-order valence-corrected chi connectivity index (χ0v) is 11.2. The fraction of sp³-hybridized carbons (Fsp3) is 0.312. The Hall–Kier alpha value is -2.03. The number of esters is 1. The van der Waals surface area contributed by atoms with Gasteiger partial charge in [0.15, 0.2) is 0 Å². The van der Waals surface area contributed by atoms with E-state index in [0.717, 1.165) is 30.0 Å². The third-order valence-electron chi connectivity index (χ3n) is 3.12. The Kier molecular flexibility index (Phi) is 4.39. The monoisotopic (exact) mass is 257 g/mol. The molecular weight excluding hydrogens is 238 g/mol. The lowest BCUT2D eigenvalue weighted by Crippen LogP contribution is -2.09. The summed E-state index contributed by atoms with van der Waals surface area (Å²) in [5, 5.41) is 2.03. The zero-order valence-electron chi connectivity index (χ0n) is 11.2. The number of carbonyl (C=O) groups excluding carboxylic acids is 1. The van der Waals surface area contributed by atoms with E-state index in [1.165, 1.54) is 0 Å². The van der Waals surface area contributed by atoms with E-state index in [4.69, 9.17) is 10.5 Å². The first-order chi connectivity index (χ1) is 9.22. The topological polar surface area (TPSA) is 52.3 Å². The SMILES string of the molecule is CCCCCOC(=O)c1cc2ccccc2cc1N. The van der Waals surface area contributed by atoms with Crippen molar-refractivity contribution >= 4 is 22.4 Å². The molecule has 19 heavy (non-hydrogen) atoms. The van der Waals surface area contributed by atoms with Gasteiger partial charge in [-0.1, -0.05) is 44.0 Å². The van der Waals surface area contributed by atoms with E-state index in [9.17, 15) is 4.79 Å². The lowest BCUT2D eigenvalue weighted by molar-refractivity contribution is 0.0499. The fourth-order valence-corrected chi connectivity index (χ4v) is 2.03. The molecule has 0 atom stereocenters. The van der Waals surface area contributed by atoms with Gasteiger partial charge in [0.25, 0.3) is 0 Å². The van der Waals surface area contributed by atoms with Gasteiger partial charge >= 0.3 is 5.97 Å². The average molecular weight is 257 g/mol. The lowest BCUT2D eigenvalue weighted by atomic mass is 10.1. The molecule has 0 bridgehead atoms. The van der Waals surface area contributed by atoms with Crippen LogP contribution in [0, 0.1) is 0 Å². The number of ether oxygens (including phenoxy) is 1. The molecule has 0 aliphatic rings. The molecule has 0 saturated carbocycles. The molecule has 0 fully saturated rings. The molecule has 2 aromatic rings. The first kappa shape index (κ1) is 13.4. The minimum atomic E-state index is -0.334. The Morgan fingerprint density at radius 3 is 2.53 bits per heavy atom. The van der Waals surface area contributed by atoms with E-state index >= 15 is 0 Å². The largest absolute Gasteiger partial charge is 0.462 e. The number of nitrogen functional groups attached to an aromatic ring is 1. The van der Waals surface area contributed by atoms with Crippen molar-refractivity contribution in [1.29, 1.82) is 0 Å². The van der Waals surface area contributed by atoms with Crippen molar-refractivity contribution in [2.75, 3.05) is 12.3 Å². The predicted molar refractivity (Wildman–Crippen MR) is 78.2 cm³/mol. The second kappa shape index (κ2) is 6.23. The number of fused-ring (bicyclic) bond motifs is 1. The molecule has 2 rings (SSSR count). The maximum absolute atomic E-state index is 12.0. The summed E-state index contributed by atoms with van der Waals surface area (Å²) in [7, 11) is 0. The third kappa shape index (κ3) is 3.25. The van der Waals surface area contributed by atoms with Gasteiger partial charge in [-0.2, -0.15) is 0 Å². The van der Waals surface area contributed by atoms with Gasteiger partial charge in [-0.25, -0.2) is 4.79 Å². The minimum absolute atomic E-state index is 0.334. The van der Waals surface area contributed by atoms with E-state index in [2.05, 4.69) is 6.92 Å². The third-order valence-corrected chi connectivity index (χ3v) is 3.12. The first-order valence-electron chi connectivity index (χ1n) is 6.67. The molecule has 0 amide bonds. The lowest BCUT2D eigenvalue weighted by Gasteiger charge is -2.08. The van der Waals surface area contributed by atoms with Crippen LogP contribution in [-0.4, -0.2) is 12.6 Å². The van der Waals surface area contributed by atoms with Gasteiger partial charge in [0.2, 0.25) is 0 Å². The number of rotatable bonds is 5. The number of benzene rings is 2. The second-order valence-electron chi connectivity index (χ2n) is 4.63. The summed E-state index contributed by atoms with van der Waals surface area (Å²) >= 11 is 0. The van der Waals surface area contributed by atoms with Crippen molar-refractivity contribution < 1.29 is 9.53 Å². The Morgan fingerprint density at radius 2 is 1.84 bits per heavy atom. The smallest absolute Gasteiger partial charge is 0.340 e. The van der Waals surface area contributed by atoms with Crippen molar-refractivity contribution in [1.82, 2.24) is 0 Å². The Bertz CT molecular complexity index is 578. The highest BCUT2D eigenvalue weighted by Gasteiger charge is 2.12. The average Bonchev–Trinajstić information content (AvgIpc) is 2.42. The molecule has 0 spiro atoms. The predicted octanol–water partition coefficient (Wildman–Crippen LogP) is 3.77. The maximum Gasteiger partial charge on any atom is 0.340 e. The summed E-state index contributed by atoms with van der Waals surface area (Å²) in [6, 6.07) is 11.4. The minimum Gasteiger partial charge on any atom is -0.462 e. The van der Waals surface area contributed by atoms with E-state index in [-0.39, 0.29) is 5.97 Å². The van der Waals surface area contributed by atoms with E-state index < -0.39 is 0 Å². The van der Waals surface area contributed by atoms with Crippen LogP contribution in [-0.2, 0) is 4.74 Å². The van der Waals surface area contributed by atoms with Gasteiger partial charge in [-0.15, -0.1) is 0 Å². The highest BCUT2D eigenvalue weighted by atomic mass is 16.5. The molecule has 0 unspecified atom stereocenters. The van der Waals surface area contributed by atoms with Crippen LogP contribution in [0.3, 0.4) is 0 Å². The quantitative estimate of drug-likeness (QED) is 0.504. The van der Waals surface area contributed by atoms with Gasteiger partial charge in [-0.3, -0.25) is 0 Å². The number of unbranched alkanes of at least 4 members (excludes halogenated alkanes) is 2. The van der Waals surface area contributed by atoms with E-state index in [1.807, 2.05) is 30.3 Å². The van der Waals surface area contributed by atoms with Crippen LogP contribution in [0.15, 0.2) is 36.4 Å². The van der Waals surface area contributed by atoms with E-state index in [1.54, 1.807) is 6.07 Å². The van der Waals surface area contributed by atoms with Crippen molar-refractivity contribution in [3.63, 3.8) is 0 Å². The highest BCUT2D eigenvalue weighted by molar-refractivity contribution is 6.01. The number of carbonyl (C=O) groups is 1. The van der Waals surface area contributed by atoms with Crippen LogP contribution >= 0.6 is 0 Å². The van der Waals surface area contributed by atoms with Crippen molar-refractivity contribution in [3.8, 4) is 0 Å². The molecule has 0 aliphatic carbocycles. The van der Waals surface area contributed by atoms with Crippen LogP contribution < -0.4 is 5.73 Å². The van der Waals surface area contributed by atoms with Crippen molar-refractivity contribution in [3.05, 3.63) is 42.0 Å². The highest BCUT2D eigenvalue weighted by Crippen LogP contribution is 2.22. The molecule has 0 heterocycles. The molecule has 3 heteroatoms. The summed E-state index contributed by atoms with van der Waals surface area (Å²) < 4.78 is 5.24. The molecule has 0 saturated heterocycles. The molecule has 0 radical (unpaired) electrons. The summed E-state index contributed by atoms with van der Waals surface area (Å²) in [5.41, 5.74) is 6.84. The fourth-order valence-electron chi connectivity index (χ4n) is 2.03. The van der Waals surface area contributed by atoms with E-state index in [0.29, 0.717) is 17.9 Å². The second-order valence-corrected chi connectivity index (χ2v) is 4.63. The number of hydrogen-bond acceptors (Lipinski definition) is 3. The molecule has 100 valence electrons. The maximum atomic E-state index is 12.0. The van der Waals surface area contributed by atoms with Gasteiger partial charge in [-0.05, 0) is 29.3 Å². The van der Waals surface area contributed by atoms with Crippen LogP contribution in [0.5, 0.6) is 0 Å². The summed E-state index contributed by atoms with van der Waals surface area (Å²) in [6.07, 6.45) is 3.08. The van der Waals surface area contributed by atoms with Crippen LogP contribution in [0.4, 0.5) is 5.69 Å². The van der Waals surface area contributed by atoms with Gasteiger partial charge in [0.1, 0.15) is 0 Å². The van der Waals surface area contributed by atoms with Gasteiger partial charge in [0, 0.05) is 5.69 Å². The van der Waals surface area contributed by atoms with Crippen LogP contribution in [0.1, 0.15) is 36.5 Å². The molecule has 0 aromatic heterocycles. The standard InChI is InChI=1S/C16H19NO2/c1-2-3-6-9-19-16(18)14-10-12-7-4-5-8-13(12)11-15(14)17/h4-5,7-8,10-11H,2-3,6,9,17H2,1H3. The first-order valence-corrected chi connectivity index (χ1v) is 6.67. The number of nitrogens with two attached hydrogens (primary N) is 1. The Labute approximate surface area is 113 Å². The molecule has 0 aliphatic heterocycles. The van der Waals surface area contributed by atoms with Gasteiger partial charge < -0.3 is 10.5 Å². The van der Waals surface area contributed by atoms with Gasteiger partial charge in [0.05, 0.1) is 12.2 Å². The number of anilines is 1. The normalized spacial score (nSPS) is 10.6. The van der Waals surface area contributed by atoms with Crippen LogP contribution in [0.25, 0.3) is 10.8 Å². The van der Waals surface area contributed by atoms with Crippen molar-refractivity contribution in [2.24, 2.45) is 0 Å². The summed E-state index contributed by atoms with van der Waals surface area (Å²) in [4.78, 5) is 12.0. The molecule has 2 N–H and O–H groups in total. The summed E-state index contributed by atoms with van der Waals surface area (Å²) in [6.45, 7) is 2.57. The van der Waals surface area contributed by atoms with Crippen LogP contribution in [0.2, 0.25) is 0 Å². The zero-order chi connectivity index (χ0) is 13.7. The Morgan fingerprint density at radius 1 is 1.16 bits per heavy atom. The summed E-state index contributed by atoms with van der Waals surface area (Å²) in [5.74, 6) is -0.334.